The molecule has 1 aromatic carbocycles. The fourth-order valence-corrected chi connectivity index (χ4v) is 2.22. The van der Waals surface area contributed by atoms with Crippen LogP contribution in [0.2, 0.25) is 0 Å². The van der Waals surface area contributed by atoms with Crippen LogP contribution in [0, 0.1) is 0 Å². The molecule has 1 amide bonds. The smallest absolute Gasteiger partial charge is 0.326 e. The highest BCUT2D eigenvalue weighted by Crippen LogP contribution is 2.33. The van der Waals surface area contributed by atoms with E-state index in [1.807, 2.05) is 0 Å². The largest absolute Gasteiger partial charge is 0.416 e. The van der Waals surface area contributed by atoms with Gasteiger partial charge in [-0.2, -0.15) is 13.2 Å². The molecule has 0 radical (unpaired) electrons. The maximum Gasteiger partial charge on any atom is 0.416 e. The molecule has 0 aromatic heterocycles. The first-order valence-electron chi connectivity index (χ1n) is 6.25. The van der Waals surface area contributed by atoms with Gasteiger partial charge >= 0.3 is 6.18 Å². The van der Waals surface area contributed by atoms with Crippen molar-refractivity contribution in [3.63, 3.8) is 0 Å². The molecule has 110 valence electrons. The van der Waals surface area contributed by atoms with Crippen LogP contribution < -0.4 is 10.6 Å². The van der Waals surface area contributed by atoms with Gasteiger partial charge in [-0.3, -0.25) is 4.79 Å². The third-order valence-corrected chi connectivity index (χ3v) is 3.33. The first-order valence-corrected chi connectivity index (χ1v) is 7.05. The van der Waals surface area contributed by atoms with E-state index in [0.29, 0.717) is 12.6 Å². The number of carbonyl (C=O) groups excluding carboxylic acids is 1. The summed E-state index contributed by atoms with van der Waals surface area (Å²) in [4.78, 5) is 11.6. The van der Waals surface area contributed by atoms with Crippen molar-refractivity contribution in [2.24, 2.45) is 0 Å². The number of hydrogen-bond acceptors (Lipinski definition) is 2. The second-order valence-corrected chi connectivity index (χ2v) is 5.67. The summed E-state index contributed by atoms with van der Waals surface area (Å²) in [5.41, 5.74) is -0.651. The van der Waals surface area contributed by atoms with E-state index in [2.05, 4.69) is 26.6 Å². The van der Waals surface area contributed by atoms with Crippen LogP contribution in [0.4, 0.5) is 18.9 Å². The highest BCUT2D eigenvalue weighted by Gasteiger charge is 2.31. The third kappa shape index (κ3) is 4.79. The Labute approximate surface area is 123 Å². The molecule has 0 saturated heterocycles. The van der Waals surface area contributed by atoms with Gasteiger partial charge in [0.05, 0.1) is 5.56 Å². The number of benzene rings is 1. The Morgan fingerprint density at radius 1 is 1.30 bits per heavy atom. The third-order valence-electron chi connectivity index (χ3n) is 2.87. The zero-order valence-corrected chi connectivity index (χ0v) is 12.1. The van der Waals surface area contributed by atoms with Crippen molar-refractivity contribution in [1.82, 2.24) is 5.32 Å². The standard InChI is InChI=1S/C13H14BrF3N2O/c14-9-5-8(13(15,16)17)6-11(7-9)19-12(20)3-4-18-10-1-2-10/h5-7,10,18H,1-4H2,(H,19,20). The van der Waals surface area contributed by atoms with Gasteiger partial charge < -0.3 is 10.6 Å². The zero-order chi connectivity index (χ0) is 14.8. The fraction of sp³-hybridized carbons (Fsp3) is 0.462. The number of amides is 1. The van der Waals surface area contributed by atoms with E-state index in [9.17, 15) is 18.0 Å². The molecule has 1 saturated carbocycles. The lowest BCUT2D eigenvalue weighted by Gasteiger charge is -2.11. The molecule has 1 aromatic rings. The summed E-state index contributed by atoms with van der Waals surface area (Å²) in [6, 6.07) is 3.86. The zero-order valence-electron chi connectivity index (χ0n) is 10.6. The van der Waals surface area contributed by atoms with Gasteiger partial charge in [-0.05, 0) is 31.0 Å². The van der Waals surface area contributed by atoms with Crippen LogP contribution in [0.15, 0.2) is 22.7 Å². The normalized spacial score (nSPS) is 15.2. The number of halogens is 4. The number of rotatable bonds is 5. The summed E-state index contributed by atoms with van der Waals surface area (Å²) in [5.74, 6) is -0.302. The molecule has 0 bridgehead atoms. The molecule has 1 fully saturated rings. The van der Waals surface area contributed by atoms with Gasteiger partial charge in [-0.15, -0.1) is 0 Å². The van der Waals surface area contributed by atoms with Crippen molar-refractivity contribution < 1.29 is 18.0 Å². The number of carbonyl (C=O) groups is 1. The Morgan fingerprint density at radius 2 is 2.00 bits per heavy atom. The lowest BCUT2D eigenvalue weighted by molar-refractivity contribution is -0.137. The summed E-state index contributed by atoms with van der Waals surface area (Å²) in [6.45, 7) is 0.538. The first kappa shape index (κ1) is 15.3. The lowest BCUT2D eigenvalue weighted by atomic mass is 10.2. The molecule has 0 aliphatic heterocycles. The second kappa shape index (κ2) is 6.13. The van der Waals surface area contributed by atoms with Crippen LogP contribution in [0.1, 0.15) is 24.8 Å². The molecular weight excluding hydrogens is 337 g/mol. The van der Waals surface area contributed by atoms with E-state index in [0.717, 1.165) is 25.0 Å². The Morgan fingerprint density at radius 3 is 2.60 bits per heavy atom. The predicted molar refractivity (Wildman–Crippen MR) is 73.4 cm³/mol. The summed E-state index contributed by atoms with van der Waals surface area (Å²) >= 11 is 3.01. The molecule has 1 aliphatic carbocycles. The molecule has 2 rings (SSSR count). The number of anilines is 1. The summed E-state index contributed by atoms with van der Waals surface area (Å²) in [5, 5.41) is 5.65. The number of hydrogen-bond donors (Lipinski definition) is 2. The summed E-state index contributed by atoms with van der Waals surface area (Å²) < 4.78 is 38.2. The van der Waals surface area contributed by atoms with Crippen LogP contribution >= 0.6 is 15.9 Å². The molecule has 0 spiro atoms. The van der Waals surface area contributed by atoms with Crippen molar-refractivity contribution in [3.8, 4) is 0 Å². The van der Waals surface area contributed by atoms with E-state index in [4.69, 9.17) is 0 Å². The molecule has 2 N–H and O–H groups in total. The van der Waals surface area contributed by atoms with E-state index >= 15 is 0 Å². The minimum atomic E-state index is -4.43. The molecular formula is C13H14BrF3N2O. The van der Waals surface area contributed by atoms with Crippen LogP contribution in [-0.2, 0) is 11.0 Å². The second-order valence-electron chi connectivity index (χ2n) is 4.75. The molecule has 7 heteroatoms. The van der Waals surface area contributed by atoms with Gasteiger partial charge in [0.25, 0.3) is 0 Å². The molecule has 0 heterocycles. The van der Waals surface area contributed by atoms with Crippen molar-refractivity contribution >= 4 is 27.5 Å². The Hall–Kier alpha value is -1.08. The number of alkyl halides is 3. The van der Waals surface area contributed by atoms with Gasteiger partial charge in [-0.1, -0.05) is 15.9 Å². The van der Waals surface area contributed by atoms with Crippen LogP contribution in [0.3, 0.4) is 0 Å². The minimum absolute atomic E-state index is 0.142. The highest BCUT2D eigenvalue weighted by atomic mass is 79.9. The highest BCUT2D eigenvalue weighted by molar-refractivity contribution is 9.10. The van der Waals surface area contributed by atoms with E-state index in [1.54, 1.807) is 0 Å². The van der Waals surface area contributed by atoms with Gasteiger partial charge in [0.1, 0.15) is 0 Å². The maximum absolute atomic E-state index is 12.6. The molecule has 3 nitrogen and oxygen atoms in total. The Kier molecular flexibility index (Phi) is 4.70. The van der Waals surface area contributed by atoms with Gasteiger partial charge in [0.2, 0.25) is 5.91 Å². The predicted octanol–water partition coefficient (Wildman–Crippen LogP) is 3.55. The lowest BCUT2D eigenvalue weighted by Crippen LogP contribution is -2.23. The number of nitrogens with one attached hydrogen (secondary N) is 2. The SMILES string of the molecule is O=C(CCNC1CC1)Nc1cc(Br)cc(C(F)(F)F)c1. The van der Waals surface area contributed by atoms with Crippen LogP contribution in [0.25, 0.3) is 0 Å². The van der Waals surface area contributed by atoms with E-state index < -0.39 is 11.7 Å². The van der Waals surface area contributed by atoms with Crippen molar-refractivity contribution in [2.45, 2.75) is 31.5 Å². The van der Waals surface area contributed by atoms with Gasteiger partial charge in [-0.25, -0.2) is 0 Å². The molecule has 0 unspecified atom stereocenters. The summed E-state index contributed by atoms with van der Waals surface area (Å²) in [6.07, 6.45) is -1.94. The molecule has 1 aliphatic rings. The van der Waals surface area contributed by atoms with Crippen LogP contribution in [-0.4, -0.2) is 18.5 Å². The molecule has 20 heavy (non-hydrogen) atoms. The van der Waals surface area contributed by atoms with E-state index in [-0.39, 0.29) is 22.5 Å². The average molecular weight is 351 g/mol. The summed E-state index contributed by atoms with van der Waals surface area (Å²) in [7, 11) is 0. The quantitative estimate of drug-likeness (QED) is 0.852. The Bertz CT molecular complexity index is 501. The van der Waals surface area contributed by atoms with Gasteiger partial charge in [0.15, 0.2) is 0 Å². The monoisotopic (exact) mass is 350 g/mol. The van der Waals surface area contributed by atoms with Crippen molar-refractivity contribution in [3.05, 3.63) is 28.2 Å². The van der Waals surface area contributed by atoms with E-state index in [1.165, 1.54) is 6.07 Å². The topological polar surface area (TPSA) is 41.1 Å². The van der Waals surface area contributed by atoms with Crippen molar-refractivity contribution in [2.75, 3.05) is 11.9 Å². The minimum Gasteiger partial charge on any atom is -0.326 e. The Balaban J connectivity index is 1.93. The first-order chi connectivity index (χ1) is 9.34. The average Bonchev–Trinajstić information content (AvgIpc) is 3.11. The maximum atomic E-state index is 12.6. The van der Waals surface area contributed by atoms with Gasteiger partial charge in [0, 0.05) is 29.2 Å². The van der Waals surface area contributed by atoms with Crippen molar-refractivity contribution in [1.29, 1.82) is 0 Å². The van der Waals surface area contributed by atoms with Crippen LogP contribution in [0.5, 0.6) is 0 Å². The molecule has 0 atom stereocenters. The fourth-order valence-electron chi connectivity index (χ4n) is 1.73.